The maximum atomic E-state index is 11.5. The van der Waals surface area contributed by atoms with Crippen LogP contribution in [0.25, 0.3) is 0 Å². The number of methoxy groups -OCH3 is 1. The minimum Gasteiger partial charge on any atom is -0.378 e. The largest absolute Gasteiger partial charge is 0.378 e. The van der Waals surface area contributed by atoms with Crippen molar-refractivity contribution in [3.05, 3.63) is 11.9 Å². The standard InChI is InChI=1S/C7H9N3O2S/c1-12-5-3-10(4-5)7(11)6-2-8-13-9-6/h2,5H,3-4H2,1H3. The normalized spacial score (nSPS) is 17.2. The lowest BCUT2D eigenvalue weighted by Gasteiger charge is -2.37. The number of likely N-dealkylation sites (tertiary alicyclic amines) is 1. The highest BCUT2D eigenvalue weighted by Gasteiger charge is 2.31. The van der Waals surface area contributed by atoms with Gasteiger partial charge in [-0.25, -0.2) is 0 Å². The molecular weight excluding hydrogens is 190 g/mol. The molecule has 0 radical (unpaired) electrons. The molecule has 1 saturated heterocycles. The molecule has 1 fully saturated rings. The van der Waals surface area contributed by atoms with Gasteiger partial charge in [0.25, 0.3) is 5.91 Å². The number of carbonyl (C=O) groups is 1. The van der Waals surface area contributed by atoms with E-state index in [4.69, 9.17) is 4.74 Å². The van der Waals surface area contributed by atoms with Gasteiger partial charge in [-0.05, 0) is 0 Å². The fraction of sp³-hybridized carbons (Fsp3) is 0.571. The predicted octanol–water partition coefficient (Wildman–Crippen LogP) is 0.00890. The first-order valence-corrected chi connectivity index (χ1v) is 4.64. The molecule has 1 aromatic rings. The lowest BCUT2D eigenvalue weighted by atomic mass is 10.1. The van der Waals surface area contributed by atoms with Crippen molar-refractivity contribution in [1.82, 2.24) is 13.6 Å². The molecule has 0 atom stereocenters. The van der Waals surface area contributed by atoms with Gasteiger partial charge in [0.05, 0.1) is 24.0 Å². The summed E-state index contributed by atoms with van der Waals surface area (Å²) >= 11 is 1.05. The molecule has 0 bridgehead atoms. The highest BCUT2D eigenvalue weighted by Crippen LogP contribution is 2.13. The van der Waals surface area contributed by atoms with Crippen molar-refractivity contribution in [3.8, 4) is 0 Å². The van der Waals surface area contributed by atoms with Crippen molar-refractivity contribution < 1.29 is 9.53 Å². The molecule has 70 valence electrons. The molecule has 0 aromatic carbocycles. The van der Waals surface area contributed by atoms with Crippen molar-refractivity contribution in [2.75, 3.05) is 20.2 Å². The van der Waals surface area contributed by atoms with Crippen molar-refractivity contribution in [1.29, 1.82) is 0 Å². The third-order valence-electron chi connectivity index (χ3n) is 2.05. The summed E-state index contributed by atoms with van der Waals surface area (Å²) in [6.45, 7) is 1.32. The Hall–Kier alpha value is -1.01. The number of hydrogen-bond acceptors (Lipinski definition) is 5. The number of nitrogens with zero attached hydrogens (tertiary/aromatic N) is 3. The third-order valence-corrected chi connectivity index (χ3v) is 2.53. The van der Waals surface area contributed by atoms with E-state index in [0.29, 0.717) is 18.8 Å². The van der Waals surface area contributed by atoms with Gasteiger partial charge in [0.2, 0.25) is 0 Å². The Morgan fingerprint density at radius 3 is 3.08 bits per heavy atom. The van der Waals surface area contributed by atoms with Crippen LogP contribution < -0.4 is 0 Å². The van der Waals surface area contributed by atoms with Gasteiger partial charge in [-0.15, -0.1) is 0 Å². The monoisotopic (exact) mass is 199 g/mol. The number of carbonyl (C=O) groups excluding carboxylic acids is 1. The predicted molar refractivity (Wildman–Crippen MR) is 46.6 cm³/mol. The van der Waals surface area contributed by atoms with Crippen LogP contribution in [-0.2, 0) is 4.74 Å². The first-order valence-electron chi connectivity index (χ1n) is 3.91. The van der Waals surface area contributed by atoms with Crippen molar-refractivity contribution in [2.24, 2.45) is 0 Å². The van der Waals surface area contributed by atoms with Crippen LogP contribution in [0.15, 0.2) is 6.20 Å². The molecule has 2 heterocycles. The Bertz CT molecular complexity index is 295. The van der Waals surface area contributed by atoms with Crippen LogP contribution in [0.3, 0.4) is 0 Å². The first kappa shape index (κ1) is 8.58. The van der Waals surface area contributed by atoms with Gasteiger partial charge < -0.3 is 9.64 Å². The number of ether oxygens (including phenoxy) is 1. The van der Waals surface area contributed by atoms with E-state index in [1.165, 1.54) is 6.20 Å². The summed E-state index contributed by atoms with van der Waals surface area (Å²) in [7, 11) is 1.65. The topological polar surface area (TPSA) is 55.3 Å². The van der Waals surface area contributed by atoms with E-state index in [1.54, 1.807) is 12.0 Å². The summed E-state index contributed by atoms with van der Waals surface area (Å²) in [5, 5.41) is 0. The minimum absolute atomic E-state index is 0.0537. The van der Waals surface area contributed by atoms with Gasteiger partial charge in [0, 0.05) is 20.2 Å². The van der Waals surface area contributed by atoms with Crippen LogP contribution in [-0.4, -0.2) is 45.9 Å². The number of amides is 1. The zero-order valence-electron chi connectivity index (χ0n) is 7.14. The van der Waals surface area contributed by atoms with E-state index >= 15 is 0 Å². The van der Waals surface area contributed by atoms with Gasteiger partial charge in [-0.3, -0.25) is 4.79 Å². The number of hydrogen-bond donors (Lipinski definition) is 0. The van der Waals surface area contributed by atoms with Gasteiger partial charge >= 0.3 is 0 Å². The smallest absolute Gasteiger partial charge is 0.275 e. The van der Waals surface area contributed by atoms with Crippen LogP contribution in [0.4, 0.5) is 0 Å². The fourth-order valence-electron chi connectivity index (χ4n) is 1.17. The summed E-state index contributed by atoms with van der Waals surface area (Å²) in [6.07, 6.45) is 1.68. The van der Waals surface area contributed by atoms with E-state index in [9.17, 15) is 4.79 Å². The van der Waals surface area contributed by atoms with Crippen LogP contribution >= 0.6 is 11.7 Å². The molecule has 13 heavy (non-hydrogen) atoms. The molecule has 1 aliphatic heterocycles. The Morgan fingerprint density at radius 2 is 2.54 bits per heavy atom. The highest BCUT2D eigenvalue weighted by molar-refractivity contribution is 6.99. The van der Waals surface area contributed by atoms with Crippen LogP contribution in [0.5, 0.6) is 0 Å². The fourth-order valence-corrected chi connectivity index (χ4v) is 1.58. The second kappa shape index (κ2) is 3.39. The lowest BCUT2D eigenvalue weighted by molar-refractivity contribution is -0.0194. The molecule has 5 nitrogen and oxygen atoms in total. The van der Waals surface area contributed by atoms with E-state index in [0.717, 1.165) is 11.7 Å². The summed E-state index contributed by atoms with van der Waals surface area (Å²) in [6, 6.07) is 0. The maximum absolute atomic E-state index is 11.5. The Labute approximate surface area is 79.6 Å². The Kier molecular flexibility index (Phi) is 2.24. The first-order chi connectivity index (χ1) is 6.31. The molecule has 1 aliphatic rings. The van der Waals surface area contributed by atoms with Crippen LogP contribution in [0, 0.1) is 0 Å². The molecule has 6 heteroatoms. The second-order valence-corrected chi connectivity index (χ2v) is 3.42. The maximum Gasteiger partial charge on any atom is 0.275 e. The molecule has 2 rings (SSSR count). The van der Waals surface area contributed by atoms with E-state index in [1.807, 2.05) is 0 Å². The van der Waals surface area contributed by atoms with Crippen LogP contribution in [0.1, 0.15) is 10.5 Å². The molecule has 1 aromatic heterocycles. The van der Waals surface area contributed by atoms with Gasteiger partial charge in [-0.2, -0.15) is 8.75 Å². The number of aromatic nitrogens is 2. The van der Waals surface area contributed by atoms with Crippen molar-refractivity contribution in [2.45, 2.75) is 6.10 Å². The Morgan fingerprint density at radius 1 is 1.77 bits per heavy atom. The average molecular weight is 199 g/mol. The second-order valence-electron chi connectivity index (χ2n) is 2.86. The van der Waals surface area contributed by atoms with Gasteiger partial charge in [-0.1, -0.05) is 0 Å². The quantitative estimate of drug-likeness (QED) is 0.673. The van der Waals surface area contributed by atoms with Crippen LogP contribution in [0.2, 0.25) is 0 Å². The van der Waals surface area contributed by atoms with E-state index < -0.39 is 0 Å². The summed E-state index contributed by atoms with van der Waals surface area (Å²) in [5.41, 5.74) is 0.430. The molecule has 0 spiro atoms. The zero-order chi connectivity index (χ0) is 9.26. The zero-order valence-corrected chi connectivity index (χ0v) is 7.95. The van der Waals surface area contributed by atoms with Crippen molar-refractivity contribution in [3.63, 3.8) is 0 Å². The van der Waals surface area contributed by atoms with Gasteiger partial charge in [0.15, 0.2) is 5.69 Å². The molecule has 0 aliphatic carbocycles. The van der Waals surface area contributed by atoms with E-state index in [-0.39, 0.29) is 12.0 Å². The summed E-state index contributed by atoms with van der Waals surface area (Å²) in [5.74, 6) is -0.0537. The average Bonchev–Trinajstić information content (AvgIpc) is 2.53. The number of rotatable bonds is 2. The minimum atomic E-state index is -0.0537. The van der Waals surface area contributed by atoms with Gasteiger partial charge in [0.1, 0.15) is 0 Å². The molecule has 0 unspecified atom stereocenters. The van der Waals surface area contributed by atoms with E-state index in [2.05, 4.69) is 8.75 Å². The summed E-state index contributed by atoms with van der Waals surface area (Å²) in [4.78, 5) is 13.2. The molecule has 0 saturated carbocycles. The summed E-state index contributed by atoms with van der Waals surface area (Å²) < 4.78 is 12.7. The SMILES string of the molecule is COC1CN(C(=O)c2cnsn2)C1. The van der Waals surface area contributed by atoms with Crippen molar-refractivity contribution >= 4 is 17.6 Å². The molecule has 0 N–H and O–H groups in total. The molecule has 1 amide bonds. The Balaban J connectivity index is 1.94. The highest BCUT2D eigenvalue weighted by atomic mass is 32.1. The lowest BCUT2D eigenvalue weighted by Crippen LogP contribution is -2.54. The molecular formula is C7H9N3O2S. The third kappa shape index (κ3) is 1.54.